The summed E-state index contributed by atoms with van der Waals surface area (Å²) in [5.74, 6) is 0.0542. The molecule has 0 aliphatic carbocycles. The highest BCUT2D eigenvalue weighted by molar-refractivity contribution is 5.66. The van der Waals surface area contributed by atoms with Gasteiger partial charge in [0.1, 0.15) is 0 Å². The van der Waals surface area contributed by atoms with Crippen molar-refractivity contribution in [1.82, 2.24) is 0 Å². The minimum Gasteiger partial charge on any atom is -0.481 e. The molecule has 1 aliphatic heterocycles. The van der Waals surface area contributed by atoms with Gasteiger partial charge < -0.3 is 9.84 Å². The molecular weight excluding hydrogens is 336 g/mol. The molecule has 1 N–H and O–H groups in total. The van der Waals surface area contributed by atoms with Crippen molar-refractivity contribution >= 4 is 5.97 Å². The molecule has 0 amide bonds. The van der Waals surface area contributed by atoms with Gasteiger partial charge in [-0.3, -0.25) is 4.79 Å². The number of ether oxygens (including phenoxy) is 1. The second-order valence-electron chi connectivity index (χ2n) is 8.31. The molecule has 0 saturated carbocycles. The van der Waals surface area contributed by atoms with Crippen LogP contribution in [0.3, 0.4) is 0 Å². The van der Waals surface area contributed by atoms with Gasteiger partial charge in [-0.25, -0.2) is 0 Å². The Hall–Kier alpha value is -0.830. The van der Waals surface area contributed by atoms with Crippen LogP contribution in [0.1, 0.15) is 116 Å². The average Bonchev–Trinajstić information content (AvgIpc) is 2.61. The number of carbonyl (C=O) groups is 1. The van der Waals surface area contributed by atoms with E-state index in [0.717, 1.165) is 26.1 Å². The molecule has 0 atom stereocenters. The molecule has 0 aromatic carbocycles. The van der Waals surface area contributed by atoms with E-state index in [1.54, 1.807) is 0 Å². The zero-order chi connectivity index (χ0) is 19.4. The summed E-state index contributed by atoms with van der Waals surface area (Å²) in [5, 5.41) is 8.58. The molecule has 1 fully saturated rings. The number of rotatable bonds is 20. The maximum atomic E-state index is 10.4. The summed E-state index contributed by atoms with van der Waals surface area (Å²) in [4.78, 5) is 10.4. The molecule has 3 nitrogen and oxygen atoms in total. The molecular formula is C24H44O3. The lowest BCUT2D eigenvalue weighted by atomic mass is 10.0. The van der Waals surface area contributed by atoms with Crippen LogP contribution in [0.15, 0.2) is 12.2 Å². The van der Waals surface area contributed by atoms with Crippen LogP contribution < -0.4 is 0 Å². The third-order valence-corrected chi connectivity index (χ3v) is 5.58. The number of hydrogen-bond donors (Lipinski definition) is 1. The van der Waals surface area contributed by atoms with Crippen LogP contribution in [0.25, 0.3) is 0 Å². The van der Waals surface area contributed by atoms with Gasteiger partial charge in [0, 0.05) is 12.3 Å². The quantitative estimate of drug-likeness (QED) is 0.178. The fraction of sp³-hybridized carbons (Fsp3) is 0.875. The molecule has 27 heavy (non-hydrogen) atoms. The minimum atomic E-state index is -0.655. The Morgan fingerprint density at radius 2 is 1.11 bits per heavy atom. The van der Waals surface area contributed by atoms with E-state index < -0.39 is 5.97 Å². The monoisotopic (exact) mass is 380 g/mol. The van der Waals surface area contributed by atoms with Gasteiger partial charge in [0.15, 0.2) is 0 Å². The molecule has 0 radical (unpaired) electrons. The number of aliphatic carboxylic acids is 1. The van der Waals surface area contributed by atoms with Crippen LogP contribution in [-0.4, -0.2) is 24.3 Å². The first-order valence-electron chi connectivity index (χ1n) is 11.8. The Labute approximate surface area is 168 Å². The van der Waals surface area contributed by atoms with Crippen molar-refractivity contribution in [2.75, 3.05) is 13.2 Å². The Morgan fingerprint density at radius 1 is 0.704 bits per heavy atom. The molecule has 158 valence electrons. The highest BCUT2D eigenvalue weighted by Crippen LogP contribution is 2.15. The molecule has 0 bridgehead atoms. The number of allylic oxidation sites excluding steroid dienone is 1. The standard InChI is InChI=1S/C24H44O3/c25-24(26)20-18-16-14-12-10-8-6-4-2-1-3-5-7-9-11-13-15-17-19-23-21-27-22-23/h17,19,23H,1-16,18,20-22H2,(H,25,26)/b19-17+. The first kappa shape index (κ1) is 24.2. The van der Waals surface area contributed by atoms with Crippen LogP contribution in [-0.2, 0) is 9.53 Å². The van der Waals surface area contributed by atoms with E-state index in [1.165, 1.54) is 96.3 Å². The van der Waals surface area contributed by atoms with Gasteiger partial charge in [-0.2, -0.15) is 0 Å². The largest absolute Gasteiger partial charge is 0.481 e. The van der Waals surface area contributed by atoms with Crippen molar-refractivity contribution in [1.29, 1.82) is 0 Å². The van der Waals surface area contributed by atoms with Crippen LogP contribution in [0.4, 0.5) is 0 Å². The van der Waals surface area contributed by atoms with Gasteiger partial charge in [0.2, 0.25) is 0 Å². The van der Waals surface area contributed by atoms with Crippen molar-refractivity contribution in [2.45, 2.75) is 116 Å². The predicted molar refractivity (Wildman–Crippen MR) is 114 cm³/mol. The lowest BCUT2D eigenvalue weighted by molar-refractivity contribution is -0.137. The van der Waals surface area contributed by atoms with Gasteiger partial charge >= 0.3 is 5.97 Å². The summed E-state index contributed by atoms with van der Waals surface area (Å²) >= 11 is 0. The van der Waals surface area contributed by atoms with Crippen LogP contribution in [0, 0.1) is 5.92 Å². The molecule has 0 spiro atoms. The van der Waals surface area contributed by atoms with Crippen molar-refractivity contribution in [3.63, 3.8) is 0 Å². The number of carboxylic acids is 1. The average molecular weight is 381 g/mol. The van der Waals surface area contributed by atoms with E-state index in [1.807, 2.05) is 0 Å². The van der Waals surface area contributed by atoms with Crippen molar-refractivity contribution in [2.24, 2.45) is 5.92 Å². The van der Waals surface area contributed by atoms with Crippen LogP contribution in [0.5, 0.6) is 0 Å². The predicted octanol–water partition coefficient (Wildman–Crippen LogP) is 7.30. The van der Waals surface area contributed by atoms with E-state index in [0.29, 0.717) is 12.3 Å². The second kappa shape index (κ2) is 18.5. The lowest BCUT2D eigenvalue weighted by Gasteiger charge is -2.22. The van der Waals surface area contributed by atoms with E-state index in [-0.39, 0.29) is 0 Å². The number of carboxylic acid groups (broad SMARTS) is 1. The van der Waals surface area contributed by atoms with Gasteiger partial charge in [-0.05, 0) is 19.3 Å². The second-order valence-corrected chi connectivity index (χ2v) is 8.31. The van der Waals surface area contributed by atoms with E-state index >= 15 is 0 Å². The highest BCUT2D eigenvalue weighted by Gasteiger charge is 2.13. The maximum absolute atomic E-state index is 10.4. The summed E-state index contributed by atoms with van der Waals surface area (Å²) in [6, 6.07) is 0. The third kappa shape index (κ3) is 17.0. The summed E-state index contributed by atoms with van der Waals surface area (Å²) in [6.07, 6.45) is 27.4. The molecule has 3 heteroatoms. The third-order valence-electron chi connectivity index (χ3n) is 5.58. The topological polar surface area (TPSA) is 46.5 Å². The molecule has 1 rings (SSSR count). The highest BCUT2D eigenvalue weighted by atomic mass is 16.5. The fourth-order valence-electron chi connectivity index (χ4n) is 3.67. The van der Waals surface area contributed by atoms with E-state index in [2.05, 4.69) is 12.2 Å². The van der Waals surface area contributed by atoms with Crippen LogP contribution >= 0.6 is 0 Å². The smallest absolute Gasteiger partial charge is 0.303 e. The normalized spacial score (nSPS) is 14.7. The van der Waals surface area contributed by atoms with Gasteiger partial charge in [-0.15, -0.1) is 0 Å². The zero-order valence-corrected chi connectivity index (χ0v) is 17.6. The summed E-state index contributed by atoms with van der Waals surface area (Å²) < 4.78 is 5.17. The molecule has 0 aromatic heterocycles. The Bertz CT molecular complexity index is 361. The first-order chi connectivity index (χ1) is 13.3. The lowest BCUT2D eigenvalue weighted by Crippen LogP contribution is -2.25. The molecule has 1 heterocycles. The van der Waals surface area contributed by atoms with E-state index in [9.17, 15) is 4.79 Å². The van der Waals surface area contributed by atoms with Gasteiger partial charge in [-0.1, -0.05) is 102 Å². The summed E-state index contributed by atoms with van der Waals surface area (Å²) in [5.41, 5.74) is 0. The summed E-state index contributed by atoms with van der Waals surface area (Å²) in [7, 11) is 0. The van der Waals surface area contributed by atoms with Gasteiger partial charge in [0.25, 0.3) is 0 Å². The van der Waals surface area contributed by atoms with Crippen molar-refractivity contribution in [3.8, 4) is 0 Å². The Balaban J connectivity index is 1.64. The fourth-order valence-corrected chi connectivity index (χ4v) is 3.67. The zero-order valence-electron chi connectivity index (χ0n) is 17.6. The maximum Gasteiger partial charge on any atom is 0.303 e. The SMILES string of the molecule is O=C(O)CCCCCCCCCCCCCCCCCC/C=C/C1COC1. The Kier molecular flexibility index (Phi) is 16.6. The number of hydrogen-bond acceptors (Lipinski definition) is 2. The molecule has 1 saturated heterocycles. The molecule has 1 aliphatic rings. The number of unbranched alkanes of at least 4 members (excludes halogenated alkanes) is 16. The minimum absolute atomic E-state index is 0.341. The van der Waals surface area contributed by atoms with E-state index in [4.69, 9.17) is 9.84 Å². The molecule has 0 aromatic rings. The van der Waals surface area contributed by atoms with Crippen molar-refractivity contribution < 1.29 is 14.6 Å². The van der Waals surface area contributed by atoms with Crippen molar-refractivity contribution in [3.05, 3.63) is 12.2 Å². The van der Waals surface area contributed by atoms with Gasteiger partial charge in [0.05, 0.1) is 13.2 Å². The molecule has 0 unspecified atom stereocenters. The first-order valence-corrected chi connectivity index (χ1v) is 11.8. The summed E-state index contributed by atoms with van der Waals surface area (Å²) in [6.45, 7) is 1.87. The Morgan fingerprint density at radius 3 is 1.48 bits per heavy atom. The van der Waals surface area contributed by atoms with Crippen LogP contribution in [0.2, 0.25) is 0 Å².